The van der Waals surface area contributed by atoms with Crippen LogP contribution in [0.25, 0.3) is 0 Å². The average Bonchev–Trinajstić information content (AvgIpc) is 3.71. The highest BCUT2D eigenvalue weighted by Gasteiger charge is 2.26. The van der Waals surface area contributed by atoms with Crippen molar-refractivity contribution in [3.8, 4) is 11.5 Å². The van der Waals surface area contributed by atoms with Crippen LogP contribution in [0.1, 0.15) is 44.7 Å². The lowest BCUT2D eigenvalue weighted by Gasteiger charge is -2.26. The van der Waals surface area contributed by atoms with Crippen LogP contribution in [-0.4, -0.2) is 64.6 Å². The normalized spacial score (nSPS) is 22.4. The van der Waals surface area contributed by atoms with Gasteiger partial charge < -0.3 is 28.4 Å². The predicted octanol–water partition coefficient (Wildman–Crippen LogP) is 4.77. The van der Waals surface area contributed by atoms with Gasteiger partial charge in [0.15, 0.2) is 0 Å². The lowest BCUT2D eigenvalue weighted by molar-refractivity contribution is 0.114. The van der Waals surface area contributed by atoms with Gasteiger partial charge in [0.2, 0.25) is 0 Å². The van der Waals surface area contributed by atoms with E-state index >= 15 is 0 Å². The summed E-state index contributed by atoms with van der Waals surface area (Å²) in [6, 6.07) is 16.7. The van der Waals surface area contributed by atoms with Crippen LogP contribution < -0.4 is 9.47 Å². The molecule has 3 unspecified atom stereocenters. The van der Waals surface area contributed by atoms with Gasteiger partial charge in [0.25, 0.3) is 0 Å². The van der Waals surface area contributed by atoms with E-state index in [1.54, 1.807) is 0 Å². The summed E-state index contributed by atoms with van der Waals surface area (Å²) in [5.41, 5.74) is 2.42. The molecule has 6 nitrogen and oxygen atoms in total. The van der Waals surface area contributed by atoms with E-state index in [1.165, 1.54) is 24.0 Å². The van der Waals surface area contributed by atoms with Gasteiger partial charge in [-0.05, 0) is 41.8 Å². The zero-order chi connectivity index (χ0) is 23.8. The zero-order valence-corrected chi connectivity index (χ0v) is 20.7. The van der Waals surface area contributed by atoms with Gasteiger partial charge >= 0.3 is 0 Å². The Bertz CT molecular complexity index is 790. The van der Waals surface area contributed by atoms with E-state index in [0.717, 1.165) is 44.5 Å². The van der Waals surface area contributed by atoms with Crippen molar-refractivity contribution in [2.45, 2.75) is 57.3 Å². The van der Waals surface area contributed by atoms with E-state index < -0.39 is 0 Å². The Kier molecular flexibility index (Phi) is 8.84. The molecule has 3 atom stereocenters. The summed E-state index contributed by atoms with van der Waals surface area (Å²) >= 11 is 0. The summed E-state index contributed by atoms with van der Waals surface area (Å²) in [5.74, 6) is 1.78. The van der Waals surface area contributed by atoms with E-state index in [0.29, 0.717) is 19.3 Å². The molecule has 3 aliphatic heterocycles. The van der Waals surface area contributed by atoms with Crippen molar-refractivity contribution in [2.24, 2.45) is 0 Å². The molecule has 3 fully saturated rings. The monoisotopic (exact) mass is 470 g/mol. The van der Waals surface area contributed by atoms with Crippen molar-refractivity contribution >= 4 is 0 Å². The number of ether oxygens (including phenoxy) is 6. The Labute approximate surface area is 203 Å². The predicted molar refractivity (Wildman–Crippen MR) is 131 cm³/mol. The van der Waals surface area contributed by atoms with E-state index in [1.807, 2.05) is 24.3 Å². The summed E-state index contributed by atoms with van der Waals surface area (Å²) in [5, 5.41) is 0. The fraction of sp³-hybridized carbons (Fsp3) is 0.571. The molecule has 6 heteroatoms. The lowest BCUT2D eigenvalue weighted by atomic mass is 9.78. The minimum atomic E-state index is -0.0870. The molecule has 0 spiro atoms. The van der Waals surface area contributed by atoms with E-state index in [2.05, 4.69) is 45.0 Å². The van der Waals surface area contributed by atoms with Crippen LogP contribution >= 0.6 is 0 Å². The van der Waals surface area contributed by atoms with Crippen molar-refractivity contribution in [1.29, 1.82) is 0 Å². The second-order valence-electron chi connectivity index (χ2n) is 9.59. The maximum atomic E-state index is 5.72. The van der Waals surface area contributed by atoms with Gasteiger partial charge in [-0.1, -0.05) is 51.5 Å². The number of benzene rings is 2. The molecule has 5 rings (SSSR count). The molecular weight excluding hydrogens is 432 g/mol. The molecule has 0 radical (unpaired) electrons. The topological polar surface area (TPSA) is 65.3 Å². The van der Waals surface area contributed by atoms with Crippen LogP contribution in [0.3, 0.4) is 0 Å². The van der Waals surface area contributed by atoms with E-state index in [-0.39, 0.29) is 17.6 Å². The van der Waals surface area contributed by atoms with Crippen molar-refractivity contribution in [1.82, 2.24) is 0 Å². The first-order valence-corrected chi connectivity index (χ1v) is 12.4. The van der Waals surface area contributed by atoms with Gasteiger partial charge in [-0.25, -0.2) is 0 Å². The maximum Gasteiger partial charge on any atom is 0.119 e. The molecule has 0 bridgehead atoms. The first-order valence-electron chi connectivity index (χ1n) is 12.4. The SMILES string of the molecule is CC(C)(c1ccc(OCC2CO2)cc1)c1ccc(OCC2CO2)cc1.CCCCOCC1CO1. The van der Waals surface area contributed by atoms with Crippen LogP contribution in [0.5, 0.6) is 11.5 Å². The quantitative estimate of drug-likeness (QED) is 0.310. The summed E-state index contributed by atoms with van der Waals surface area (Å²) < 4.78 is 32.0. The van der Waals surface area contributed by atoms with Gasteiger partial charge in [0.1, 0.15) is 43.0 Å². The van der Waals surface area contributed by atoms with Gasteiger partial charge in [-0.15, -0.1) is 0 Å². The highest BCUT2D eigenvalue weighted by molar-refractivity contribution is 5.41. The zero-order valence-electron chi connectivity index (χ0n) is 20.7. The van der Waals surface area contributed by atoms with Crippen LogP contribution in [-0.2, 0) is 24.4 Å². The molecule has 0 aromatic heterocycles. The molecular formula is C28H38O6. The summed E-state index contributed by atoms with van der Waals surface area (Å²) in [7, 11) is 0. The molecule has 2 aromatic rings. The summed E-state index contributed by atoms with van der Waals surface area (Å²) in [6.45, 7) is 12.1. The first-order chi connectivity index (χ1) is 16.5. The highest BCUT2D eigenvalue weighted by atomic mass is 16.6. The number of epoxide rings is 3. The van der Waals surface area contributed by atoms with Crippen molar-refractivity contribution < 1.29 is 28.4 Å². The van der Waals surface area contributed by atoms with Gasteiger partial charge in [-0.2, -0.15) is 0 Å². The second kappa shape index (κ2) is 12.0. The summed E-state index contributed by atoms with van der Waals surface area (Å²) in [6.07, 6.45) is 3.38. The average molecular weight is 471 g/mol. The third kappa shape index (κ3) is 8.27. The Hall–Kier alpha value is -2.12. The molecule has 0 aliphatic carbocycles. The Morgan fingerprint density at radius 3 is 1.50 bits per heavy atom. The fourth-order valence-electron chi connectivity index (χ4n) is 3.43. The van der Waals surface area contributed by atoms with Crippen LogP contribution in [0.4, 0.5) is 0 Å². The molecule has 3 heterocycles. The smallest absolute Gasteiger partial charge is 0.119 e. The molecule has 0 amide bonds. The van der Waals surface area contributed by atoms with Gasteiger partial charge in [0.05, 0.1) is 26.4 Å². The van der Waals surface area contributed by atoms with Crippen molar-refractivity contribution in [3.05, 3.63) is 59.7 Å². The highest BCUT2D eigenvalue weighted by Crippen LogP contribution is 2.33. The van der Waals surface area contributed by atoms with Crippen molar-refractivity contribution in [3.63, 3.8) is 0 Å². The first kappa shape index (κ1) is 25.0. The Balaban J connectivity index is 0.000000257. The third-order valence-electron chi connectivity index (χ3n) is 6.18. The number of hydrogen-bond donors (Lipinski definition) is 0. The van der Waals surface area contributed by atoms with Gasteiger partial charge in [0, 0.05) is 12.0 Å². The van der Waals surface area contributed by atoms with Crippen LogP contribution in [0, 0.1) is 0 Å². The lowest BCUT2D eigenvalue weighted by Crippen LogP contribution is -2.18. The molecule has 3 aliphatic rings. The largest absolute Gasteiger partial charge is 0.491 e. The van der Waals surface area contributed by atoms with Gasteiger partial charge in [-0.3, -0.25) is 0 Å². The molecule has 34 heavy (non-hydrogen) atoms. The Morgan fingerprint density at radius 1 is 0.706 bits per heavy atom. The van der Waals surface area contributed by atoms with E-state index in [4.69, 9.17) is 28.4 Å². The minimum Gasteiger partial charge on any atom is -0.491 e. The third-order valence-corrected chi connectivity index (χ3v) is 6.18. The second-order valence-corrected chi connectivity index (χ2v) is 9.59. The van der Waals surface area contributed by atoms with Crippen LogP contribution in [0.15, 0.2) is 48.5 Å². The molecule has 0 saturated carbocycles. The van der Waals surface area contributed by atoms with E-state index in [9.17, 15) is 0 Å². The molecule has 3 saturated heterocycles. The van der Waals surface area contributed by atoms with Crippen molar-refractivity contribution in [2.75, 3.05) is 46.2 Å². The summed E-state index contributed by atoms with van der Waals surface area (Å²) in [4.78, 5) is 0. The number of hydrogen-bond acceptors (Lipinski definition) is 6. The standard InChI is InChI=1S/C21H24O4.C7H14O2/c1-21(2,15-3-7-17(8-4-15)22-11-19-13-24-19)16-5-9-18(10-6-16)23-12-20-14-25-20;1-2-3-4-8-5-7-6-9-7/h3-10,19-20H,11-14H2,1-2H3;7H,2-6H2,1H3. The number of rotatable bonds is 13. The Morgan fingerprint density at radius 2 is 1.12 bits per heavy atom. The maximum absolute atomic E-state index is 5.72. The molecule has 0 N–H and O–H groups in total. The molecule has 2 aromatic carbocycles. The van der Waals surface area contributed by atoms with Crippen LogP contribution in [0.2, 0.25) is 0 Å². The fourth-order valence-corrected chi connectivity index (χ4v) is 3.43. The molecule has 186 valence electrons. The number of unbranched alkanes of at least 4 members (excludes halogenated alkanes) is 1. The minimum absolute atomic E-state index is 0.0870.